The quantitative estimate of drug-likeness (QED) is 0.694. The minimum atomic E-state index is -0.174. The van der Waals surface area contributed by atoms with Crippen molar-refractivity contribution in [3.8, 4) is 11.4 Å². The SMILES string of the molecule is Cn1ccnc1CN1CCN(C(=O)c2ccc(-n3cnnn3)cc2O)CC1. The van der Waals surface area contributed by atoms with Gasteiger partial charge in [-0.25, -0.2) is 9.67 Å². The van der Waals surface area contributed by atoms with E-state index in [9.17, 15) is 9.90 Å². The number of amides is 1. The Balaban J connectivity index is 1.40. The maximum Gasteiger partial charge on any atom is 0.257 e. The van der Waals surface area contributed by atoms with E-state index in [-0.39, 0.29) is 17.2 Å². The molecule has 0 bridgehead atoms. The molecule has 1 amide bonds. The lowest BCUT2D eigenvalue weighted by molar-refractivity contribution is 0.0621. The number of phenolic OH excluding ortho intramolecular Hbond substituents is 1. The number of benzene rings is 1. The highest BCUT2D eigenvalue weighted by molar-refractivity contribution is 5.97. The van der Waals surface area contributed by atoms with Gasteiger partial charge in [0.05, 0.1) is 17.8 Å². The molecule has 27 heavy (non-hydrogen) atoms. The third-order valence-corrected chi connectivity index (χ3v) is 4.77. The Morgan fingerprint density at radius 2 is 2.04 bits per heavy atom. The minimum Gasteiger partial charge on any atom is -0.507 e. The molecule has 10 heteroatoms. The zero-order valence-electron chi connectivity index (χ0n) is 14.9. The summed E-state index contributed by atoms with van der Waals surface area (Å²) in [6, 6.07) is 4.80. The second-order valence-corrected chi connectivity index (χ2v) is 6.48. The molecular formula is C17H20N8O2. The predicted molar refractivity (Wildman–Crippen MR) is 95.2 cm³/mol. The van der Waals surface area contributed by atoms with E-state index in [0.717, 1.165) is 25.5 Å². The molecule has 3 aromatic rings. The van der Waals surface area contributed by atoms with E-state index in [1.165, 1.54) is 17.1 Å². The lowest BCUT2D eigenvalue weighted by Crippen LogP contribution is -2.48. The van der Waals surface area contributed by atoms with Crippen molar-refractivity contribution in [2.24, 2.45) is 7.05 Å². The Hall–Kier alpha value is -3.27. The summed E-state index contributed by atoms with van der Waals surface area (Å²) in [4.78, 5) is 21.2. The van der Waals surface area contributed by atoms with Crippen LogP contribution in [-0.2, 0) is 13.6 Å². The fourth-order valence-corrected chi connectivity index (χ4v) is 3.15. The molecule has 0 saturated carbocycles. The molecule has 3 heterocycles. The van der Waals surface area contributed by atoms with Gasteiger partial charge in [0.2, 0.25) is 0 Å². The lowest BCUT2D eigenvalue weighted by atomic mass is 10.1. The molecule has 4 rings (SSSR count). The van der Waals surface area contributed by atoms with E-state index in [4.69, 9.17) is 0 Å². The van der Waals surface area contributed by atoms with Gasteiger partial charge in [0.1, 0.15) is 17.9 Å². The Morgan fingerprint density at radius 3 is 2.67 bits per heavy atom. The highest BCUT2D eigenvalue weighted by Crippen LogP contribution is 2.23. The topological polar surface area (TPSA) is 105 Å². The molecule has 1 aromatic carbocycles. The van der Waals surface area contributed by atoms with Gasteiger partial charge in [-0.3, -0.25) is 9.69 Å². The summed E-state index contributed by atoms with van der Waals surface area (Å²) in [6.07, 6.45) is 5.14. The Kier molecular flexibility index (Phi) is 4.55. The molecule has 1 aliphatic heterocycles. The number of aryl methyl sites for hydroxylation is 1. The summed E-state index contributed by atoms with van der Waals surface area (Å²) in [5.41, 5.74) is 0.873. The summed E-state index contributed by atoms with van der Waals surface area (Å²) in [5.74, 6) is 0.751. The normalized spacial score (nSPS) is 15.2. The van der Waals surface area contributed by atoms with Crippen LogP contribution in [0.5, 0.6) is 5.75 Å². The van der Waals surface area contributed by atoms with Gasteiger partial charge in [0.25, 0.3) is 5.91 Å². The molecule has 0 spiro atoms. The van der Waals surface area contributed by atoms with Gasteiger partial charge < -0.3 is 14.6 Å². The number of rotatable bonds is 4. The third-order valence-electron chi connectivity index (χ3n) is 4.77. The van der Waals surface area contributed by atoms with Crippen molar-refractivity contribution < 1.29 is 9.90 Å². The summed E-state index contributed by atoms with van der Waals surface area (Å²) < 4.78 is 3.42. The molecule has 0 radical (unpaired) electrons. The maximum atomic E-state index is 12.8. The van der Waals surface area contributed by atoms with E-state index < -0.39 is 0 Å². The van der Waals surface area contributed by atoms with Gasteiger partial charge in [-0.05, 0) is 22.6 Å². The van der Waals surface area contributed by atoms with Crippen molar-refractivity contribution >= 4 is 5.91 Å². The van der Waals surface area contributed by atoms with Gasteiger partial charge in [0.15, 0.2) is 0 Å². The molecule has 10 nitrogen and oxygen atoms in total. The number of imidazole rings is 1. The van der Waals surface area contributed by atoms with Crippen LogP contribution in [0.2, 0.25) is 0 Å². The number of hydrogen-bond acceptors (Lipinski definition) is 7. The fourth-order valence-electron chi connectivity index (χ4n) is 3.15. The number of aromatic hydroxyl groups is 1. The van der Waals surface area contributed by atoms with Crippen LogP contribution in [0.1, 0.15) is 16.2 Å². The molecule has 1 N–H and O–H groups in total. The molecule has 0 aliphatic carbocycles. The van der Waals surface area contributed by atoms with Crippen LogP contribution in [0.25, 0.3) is 5.69 Å². The first-order valence-electron chi connectivity index (χ1n) is 8.66. The van der Waals surface area contributed by atoms with Gasteiger partial charge in [-0.1, -0.05) is 0 Å². The predicted octanol–water partition coefficient (Wildman–Crippen LogP) is 0.0594. The summed E-state index contributed by atoms with van der Waals surface area (Å²) >= 11 is 0. The van der Waals surface area contributed by atoms with Crippen molar-refractivity contribution in [3.63, 3.8) is 0 Å². The number of carbonyl (C=O) groups is 1. The average Bonchev–Trinajstić information content (AvgIpc) is 3.34. The van der Waals surface area contributed by atoms with E-state index in [1.54, 1.807) is 23.2 Å². The highest BCUT2D eigenvalue weighted by atomic mass is 16.3. The summed E-state index contributed by atoms with van der Waals surface area (Å²) in [6.45, 7) is 3.51. The molecule has 0 atom stereocenters. The Labute approximate surface area is 155 Å². The van der Waals surface area contributed by atoms with Crippen LogP contribution in [0.4, 0.5) is 0 Å². The first-order chi connectivity index (χ1) is 13.1. The largest absolute Gasteiger partial charge is 0.507 e. The van der Waals surface area contributed by atoms with Crippen LogP contribution in [0, 0.1) is 0 Å². The van der Waals surface area contributed by atoms with Crippen molar-refractivity contribution in [1.82, 2.24) is 39.6 Å². The standard InChI is InChI=1S/C17H20N8O2/c1-22-5-4-18-16(22)11-23-6-8-24(9-7-23)17(27)14-3-2-13(10-15(14)26)25-12-19-20-21-25/h2-5,10,12,26H,6-9,11H2,1H3. The summed E-state index contributed by atoms with van der Waals surface area (Å²) in [7, 11) is 1.98. The molecule has 1 aliphatic rings. The average molecular weight is 368 g/mol. The van der Waals surface area contributed by atoms with Crippen LogP contribution in [-0.4, -0.2) is 76.8 Å². The molecule has 1 fully saturated rings. The van der Waals surface area contributed by atoms with Crippen molar-refractivity contribution in [2.75, 3.05) is 26.2 Å². The molecule has 1 saturated heterocycles. The van der Waals surface area contributed by atoms with Gasteiger partial charge in [-0.15, -0.1) is 5.10 Å². The molecule has 0 unspecified atom stereocenters. The van der Waals surface area contributed by atoms with Crippen LogP contribution >= 0.6 is 0 Å². The van der Waals surface area contributed by atoms with E-state index in [0.29, 0.717) is 18.8 Å². The van der Waals surface area contributed by atoms with Crippen LogP contribution in [0.3, 0.4) is 0 Å². The smallest absolute Gasteiger partial charge is 0.257 e. The Bertz CT molecular complexity index is 928. The number of carbonyl (C=O) groups excluding carboxylic acids is 1. The number of nitrogens with zero attached hydrogens (tertiary/aromatic N) is 8. The van der Waals surface area contributed by atoms with E-state index >= 15 is 0 Å². The number of hydrogen-bond donors (Lipinski definition) is 1. The van der Waals surface area contributed by atoms with Crippen LogP contribution < -0.4 is 0 Å². The number of aromatic nitrogens is 6. The number of phenols is 1. The van der Waals surface area contributed by atoms with Crippen molar-refractivity contribution in [1.29, 1.82) is 0 Å². The molecule has 140 valence electrons. The molecular weight excluding hydrogens is 348 g/mol. The van der Waals surface area contributed by atoms with Gasteiger partial charge in [-0.2, -0.15) is 0 Å². The lowest BCUT2D eigenvalue weighted by Gasteiger charge is -2.34. The van der Waals surface area contributed by atoms with Crippen LogP contribution in [0.15, 0.2) is 36.9 Å². The van der Waals surface area contributed by atoms with E-state index in [1.807, 2.05) is 17.8 Å². The fraction of sp³-hybridized carbons (Fsp3) is 0.353. The van der Waals surface area contributed by atoms with Gasteiger partial charge in [0, 0.05) is 51.7 Å². The highest BCUT2D eigenvalue weighted by Gasteiger charge is 2.24. The minimum absolute atomic E-state index is 0.0801. The van der Waals surface area contributed by atoms with Crippen molar-refractivity contribution in [3.05, 3.63) is 48.3 Å². The number of piperazine rings is 1. The maximum absolute atomic E-state index is 12.8. The number of tetrazole rings is 1. The summed E-state index contributed by atoms with van der Waals surface area (Å²) in [5, 5.41) is 21.2. The molecule has 2 aromatic heterocycles. The second kappa shape index (κ2) is 7.16. The zero-order valence-corrected chi connectivity index (χ0v) is 14.9. The van der Waals surface area contributed by atoms with Gasteiger partial charge >= 0.3 is 0 Å². The monoisotopic (exact) mass is 368 g/mol. The zero-order chi connectivity index (χ0) is 18.8. The van der Waals surface area contributed by atoms with E-state index in [2.05, 4.69) is 25.4 Å². The first kappa shape index (κ1) is 17.2. The van der Waals surface area contributed by atoms with Crippen molar-refractivity contribution in [2.45, 2.75) is 6.54 Å². The third kappa shape index (κ3) is 3.51. The Morgan fingerprint density at radius 1 is 1.22 bits per heavy atom. The second-order valence-electron chi connectivity index (χ2n) is 6.48. The first-order valence-corrected chi connectivity index (χ1v) is 8.66.